The Labute approximate surface area is 184 Å². The first-order valence-electron chi connectivity index (χ1n) is 10.5. The number of carbonyl (C=O) groups is 2. The van der Waals surface area contributed by atoms with Crippen LogP contribution in [0.1, 0.15) is 17.2 Å². The van der Waals surface area contributed by atoms with Crippen LogP contribution in [-0.4, -0.2) is 74.2 Å². The molecule has 1 aliphatic rings. The molecule has 2 aromatic heterocycles. The van der Waals surface area contributed by atoms with Crippen LogP contribution in [0.3, 0.4) is 0 Å². The van der Waals surface area contributed by atoms with Crippen molar-refractivity contribution < 1.29 is 24.2 Å². The van der Waals surface area contributed by atoms with Crippen LogP contribution < -0.4 is 0 Å². The van der Waals surface area contributed by atoms with Crippen molar-refractivity contribution in [1.29, 1.82) is 0 Å². The zero-order valence-corrected chi connectivity index (χ0v) is 17.5. The molecule has 0 saturated carbocycles. The minimum atomic E-state index is -1.08. The molecule has 168 valence electrons. The molecule has 8 nitrogen and oxygen atoms in total. The quantitative estimate of drug-likeness (QED) is 0.554. The fourth-order valence-electron chi connectivity index (χ4n) is 4.36. The number of piperazine rings is 1. The zero-order valence-electron chi connectivity index (χ0n) is 17.5. The molecule has 1 atom stereocenters. The third kappa shape index (κ3) is 4.79. The van der Waals surface area contributed by atoms with Crippen LogP contribution in [0, 0.1) is 5.82 Å². The molecule has 0 aliphatic carbocycles. The predicted octanol–water partition coefficient (Wildman–Crippen LogP) is 2.25. The lowest BCUT2D eigenvalue weighted by Crippen LogP contribution is -2.49. The van der Waals surface area contributed by atoms with Gasteiger partial charge < -0.3 is 19.7 Å². The second-order valence-corrected chi connectivity index (χ2v) is 7.99. The van der Waals surface area contributed by atoms with Crippen molar-refractivity contribution in [2.24, 2.45) is 0 Å². The average Bonchev–Trinajstić information content (AvgIpc) is 3.10. The topological polar surface area (TPSA) is 98.9 Å². The molecule has 4 rings (SSSR count). The van der Waals surface area contributed by atoms with Crippen LogP contribution in [0.25, 0.3) is 10.9 Å². The summed E-state index contributed by atoms with van der Waals surface area (Å²) in [6.07, 6.45) is 5.99. The van der Waals surface area contributed by atoms with Gasteiger partial charge in [-0.05, 0) is 42.3 Å². The van der Waals surface area contributed by atoms with Gasteiger partial charge in [-0.15, -0.1) is 0 Å². The Balaban J connectivity index is 1.52. The van der Waals surface area contributed by atoms with E-state index < -0.39 is 23.8 Å². The van der Waals surface area contributed by atoms with E-state index in [1.54, 1.807) is 12.4 Å². The number of halogens is 1. The van der Waals surface area contributed by atoms with Crippen molar-refractivity contribution in [2.45, 2.75) is 19.0 Å². The van der Waals surface area contributed by atoms with E-state index in [1.165, 1.54) is 34.5 Å². The predicted molar refractivity (Wildman–Crippen MR) is 116 cm³/mol. The van der Waals surface area contributed by atoms with Crippen LogP contribution in [0.2, 0.25) is 0 Å². The number of hydrogen-bond donors (Lipinski definition) is 2. The van der Waals surface area contributed by atoms with Gasteiger partial charge in [0.2, 0.25) is 0 Å². The number of nitrogens with zero attached hydrogens (tertiary/aromatic N) is 4. The molecule has 0 amide bonds. The van der Waals surface area contributed by atoms with E-state index in [2.05, 4.69) is 9.88 Å². The Kier molecular flexibility index (Phi) is 6.48. The molecule has 0 spiro atoms. The number of carboxylic acid groups (broad SMARTS) is 2. The van der Waals surface area contributed by atoms with Gasteiger partial charge in [0.05, 0.1) is 5.52 Å². The van der Waals surface area contributed by atoms with E-state index >= 15 is 0 Å². The molecule has 1 fully saturated rings. The largest absolute Gasteiger partial charge is 0.480 e. The van der Waals surface area contributed by atoms with Crippen molar-refractivity contribution >= 4 is 22.8 Å². The minimum absolute atomic E-state index is 0.366. The van der Waals surface area contributed by atoms with Crippen molar-refractivity contribution in [3.8, 4) is 0 Å². The van der Waals surface area contributed by atoms with Crippen LogP contribution in [0.5, 0.6) is 0 Å². The number of pyridine rings is 1. The molecule has 3 heterocycles. The fraction of sp³-hybridized carbons (Fsp3) is 0.348. The van der Waals surface area contributed by atoms with Crippen molar-refractivity contribution in [2.75, 3.05) is 32.7 Å². The molecule has 1 saturated heterocycles. The third-order valence-corrected chi connectivity index (χ3v) is 5.95. The van der Waals surface area contributed by atoms with Crippen LogP contribution >= 0.6 is 0 Å². The van der Waals surface area contributed by atoms with Gasteiger partial charge >= 0.3 is 11.9 Å². The second kappa shape index (κ2) is 9.46. The summed E-state index contributed by atoms with van der Waals surface area (Å²) in [5, 5.41) is 19.8. The van der Waals surface area contributed by atoms with E-state index in [0.717, 1.165) is 26.1 Å². The number of aromatic nitrogens is 2. The number of hydrogen-bond acceptors (Lipinski definition) is 5. The summed E-state index contributed by atoms with van der Waals surface area (Å²) in [5.74, 6) is -2.58. The van der Waals surface area contributed by atoms with Gasteiger partial charge in [0.15, 0.2) is 0 Å². The molecular formula is C23H25FN4O4. The summed E-state index contributed by atoms with van der Waals surface area (Å²) in [6, 6.07) is 7.10. The average molecular weight is 440 g/mol. The molecule has 3 aromatic rings. The van der Waals surface area contributed by atoms with Crippen LogP contribution in [-0.2, 0) is 22.6 Å². The Hall–Kier alpha value is -3.30. The lowest BCUT2D eigenvalue weighted by molar-refractivity contribution is -0.144. The maximum Gasteiger partial charge on any atom is 0.325 e. The number of benzene rings is 1. The van der Waals surface area contributed by atoms with E-state index in [-0.39, 0.29) is 6.54 Å². The summed E-state index contributed by atoms with van der Waals surface area (Å²) in [6.45, 7) is 3.12. The molecular weight excluding hydrogens is 415 g/mol. The van der Waals surface area contributed by atoms with Crippen molar-refractivity contribution in [1.82, 2.24) is 19.4 Å². The first-order chi connectivity index (χ1) is 15.4. The lowest BCUT2D eigenvalue weighted by Gasteiger charge is -2.37. The minimum Gasteiger partial charge on any atom is -0.480 e. The Morgan fingerprint density at radius 1 is 1.06 bits per heavy atom. The van der Waals surface area contributed by atoms with Crippen LogP contribution in [0.4, 0.5) is 4.39 Å². The van der Waals surface area contributed by atoms with Gasteiger partial charge in [-0.3, -0.25) is 19.5 Å². The maximum atomic E-state index is 13.8. The van der Waals surface area contributed by atoms with E-state index in [4.69, 9.17) is 0 Å². The standard InChI is InChI=1S/C23H25FN4O4/c24-17-1-2-18-19(14-28(15-21(29)30)20(18)13-17)22(23(31)32)27-11-9-26(10-12-27)8-5-16-3-6-25-7-4-16/h1-4,6-7,13-14,22H,5,8-12,15H2,(H,29,30)(H,31,32). The number of carboxylic acids is 2. The van der Waals surface area contributed by atoms with Crippen molar-refractivity contribution in [3.63, 3.8) is 0 Å². The first kappa shape index (κ1) is 21.9. The highest BCUT2D eigenvalue weighted by molar-refractivity contribution is 5.90. The molecule has 32 heavy (non-hydrogen) atoms. The molecule has 0 radical (unpaired) electrons. The highest BCUT2D eigenvalue weighted by atomic mass is 19.1. The highest BCUT2D eigenvalue weighted by Gasteiger charge is 2.33. The fourth-order valence-corrected chi connectivity index (χ4v) is 4.36. The number of fused-ring (bicyclic) bond motifs is 1. The summed E-state index contributed by atoms with van der Waals surface area (Å²) in [4.78, 5) is 31.8. The molecule has 1 aliphatic heterocycles. The normalized spacial score (nSPS) is 16.3. The van der Waals surface area contributed by atoms with Gasteiger partial charge in [-0.25, -0.2) is 4.39 Å². The van der Waals surface area contributed by atoms with Gasteiger partial charge in [-0.1, -0.05) is 0 Å². The smallest absolute Gasteiger partial charge is 0.325 e. The monoisotopic (exact) mass is 440 g/mol. The Morgan fingerprint density at radius 2 is 1.78 bits per heavy atom. The SMILES string of the molecule is O=C(O)Cn1cc(C(C(=O)O)N2CCN(CCc3ccncc3)CC2)c2ccc(F)cc21. The molecule has 1 aromatic carbocycles. The van der Waals surface area contributed by atoms with E-state index in [1.807, 2.05) is 17.0 Å². The summed E-state index contributed by atoms with van der Waals surface area (Å²) >= 11 is 0. The Bertz CT molecular complexity index is 1110. The Morgan fingerprint density at radius 3 is 2.44 bits per heavy atom. The number of rotatable bonds is 8. The van der Waals surface area contributed by atoms with E-state index in [9.17, 15) is 24.2 Å². The van der Waals surface area contributed by atoms with Gasteiger partial charge in [0.25, 0.3) is 0 Å². The van der Waals surface area contributed by atoms with Gasteiger partial charge in [-0.2, -0.15) is 0 Å². The lowest BCUT2D eigenvalue weighted by atomic mass is 10.0. The molecule has 2 N–H and O–H groups in total. The highest BCUT2D eigenvalue weighted by Crippen LogP contribution is 2.32. The van der Waals surface area contributed by atoms with Crippen LogP contribution in [0.15, 0.2) is 48.9 Å². The maximum absolute atomic E-state index is 13.8. The second-order valence-electron chi connectivity index (χ2n) is 7.99. The molecule has 0 bridgehead atoms. The first-order valence-corrected chi connectivity index (χ1v) is 10.5. The third-order valence-electron chi connectivity index (χ3n) is 5.95. The number of aliphatic carboxylic acids is 2. The summed E-state index contributed by atoms with van der Waals surface area (Å²) in [7, 11) is 0. The van der Waals surface area contributed by atoms with Gasteiger partial charge in [0, 0.05) is 62.3 Å². The molecule has 9 heteroatoms. The summed E-state index contributed by atoms with van der Waals surface area (Å²) < 4.78 is 15.2. The summed E-state index contributed by atoms with van der Waals surface area (Å²) in [5.41, 5.74) is 2.08. The zero-order chi connectivity index (χ0) is 22.7. The van der Waals surface area contributed by atoms with Crippen molar-refractivity contribution in [3.05, 3.63) is 65.9 Å². The molecule has 1 unspecified atom stereocenters. The van der Waals surface area contributed by atoms with E-state index in [0.29, 0.717) is 29.6 Å². The van der Waals surface area contributed by atoms with Gasteiger partial charge in [0.1, 0.15) is 18.4 Å².